The van der Waals surface area contributed by atoms with Crippen LogP contribution in [0.4, 0.5) is 5.69 Å². The molecule has 0 aromatic heterocycles. The molecule has 0 fully saturated rings. The van der Waals surface area contributed by atoms with Crippen LogP contribution in [0.15, 0.2) is 30.3 Å². The summed E-state index contributed by atoms with van der Waals surface area (Å²) >= 11 is 0. The molecular formula is C11H9N. The van der Waals surface area contributed by atoms with E-state index in [0.717, 1.165) is 5.69 Å². The zero-order valence-corrected chi connectivity index (χ0v) is 6.91. The number of anilines is 1. The summed E-state index contributed by atoms with van der Waals surface area (Å²) in [6, 6.07) is 12.6. The second-order valence-corrected chi connectivity index (χ2v) is 2.28. The maximum Gasteiger partial charge on any atom is 0.0486 e. The van der Waals surface area contributed by atoms with Crippen molar-refractivity contribution in [1.29, 1.82) is 0 Å². The van der Waals surface area contributed by atoms with E-state index in [-0.39, 0.29) is 0 Å². The third-order valence-electron chi connectivity index (χ3n) is 1.44. The summed E-state index contributed by atoms with van der Waals surface area (Å²) in [5.41, 5.74) is 1.04. The smallest absolute Gasteiger partial charge is 0.0486 e. The van der Waals surface area contributed by atoms with Crippen LogP contribution in [0.2, 0.25) is 0 Å². The summed E-state index contributed by atoms with van der Waals surface area (Å²) in [6.07, 6.45) is 5.00. The minimum Gasteiger partial charge on any atom is -0.304 e. The van der Waals surface area contributed by atoms with Gasteiger partial charge in [0.1, 0.15) is 0 Å². The summed E-state index contributed by atoms with van der Waals surface area (Å²) in [5, 5.41) is 0. The normalized spacial score (nSPS) is 7.67. The highest BCUT2D eigenvalue weighted by molar-refractivity contribution is 5.51. The number of rotatable bonds is 1. The van der Waals surface area contributed by atoms with E-state index in [4.69, 9.17) is 6.42 Å². The lowest BCUT2D eigenvalue weighted by Crippen LogP contribution is -2.07. The van der Waals surface area contributed by atoms with E-state index >= 15 is 0 Å². The summed E-state index contributed by atoms with van der Waals surface area (Å²) < 4.78 is 0. The molecule has 0 aliphatic rings. The minimum absolute atomic E-state index is 1.04. The van der Waals surface area contributed by atoms with Crippen LogP contribution in [0.1, 0.15) is 0 Å². The molecule has 0 unspecified atom stereocenters. The van der Waals surface area contributed by atoms with Crippen LogP contribution in [-0.2, 0) is 0 Å². The van der Waals surface area contributed by atoms with Crippen LogP contribution < -0.4 is 4.90 Å². The Morgan fingerprint density at radius 1 is 1.25 bits per heavy atom. The molecule has 0 bridgehead atoms. The Morgan fingerprint density at radius 2 is 1.92 bits per heavy atom. The molecule has 0 amide bonds. The van der Waals surface area contributed by atoms with Gasteiger partial charge in [0.25, 0.3) is 0 Å². The molecule has 1 nitrogen and oxygen atoms in total. The quantitative estimate of drug-likeness (QED) is 0.441. The van der Waals surface area contributed by atoms with Gasteiger partial charge in [-0.05, 0) is 18.1 Å². The standard InChI is InChI=1S/C11H9N/c1-3-4-10-12(2)11-8-6-5-7-9-11/h1,5-9H,2H3. The SMILES string of the molecule is C#CC#CN(C)c1ccccc1. The summed E-state index contributed by atoms with van der Waals surface area (Å²) in [7, 11) is 1.87. The molecule has 0 aliphatic carbocycles. The number of hydrogen-bond donors (Lipinski definition) is 0. The maximum atomic E-state index is 5.00. The predicted octanol–water partition coefficient (Wildman–Crippen LogP) is 1.72. The Balaban J connectivity index is 2.80. The van der Waals surface area contributed by atoms with Gasteiger partial charge in [-0.2, -0.15) is 0 Å². The van der Waals surface area contributed by atoms with Gasteiger partial charge in [0.2, 0.25) is 0 Å². The Hall–Kier alpha value is -1.86. The molecule has 1 heteroatoms. The third kappa shape index (κ3) is 2.08. The first-order valence-corrected chi connectivity index (χ1v) is 3.59. The molecule has 0 saturated heterocycles. The van der Waals surface area contributed by atoms with Crippen molar-refractivity contribution in [1.82, 2.24) is 0 Å². The van der Waals surface area contributed by atoms with Crippen molar-refractivity contribution in [2.45, 2.75) is 0 Å². The van der Waals surface area contributed by atoms with E-state index in [0.29, 0.717) is 0 Å². The van der Waals surface area contributed by atoms with Gasteiger partial charge in [-0.3, -0.25) is 0 Å². The lowest BCUT2D eigenvalue weighted by molar-refractivity contribution is 1.25. The monoisotopic (exact) mass is 155 g/mol. The largest absolute Gasteiger partial charge is 0.304 e. The first-order chi connectivity index (χ1) is 5.84. The number of hydrogen-bond acceptors (Lipinski definition) is 1. The number of nitrogens with zero attached hydrogens (tertiary/aromatic N) is 1. The van der Waals surface area contributed by atoms with Crippen LogP contribution in [0.25, 0.3) is 0 Å². The van der Waals surface area contributed by atoms with Crippen LogP contribution in [0.3, 0.4) is 0 Å². The molecule has 58 valence electrons. The van der Waals surface area contributed by atoms with Crippen molar-refractivity contribution in [3.8, 4) is 24.3 Å². The highest BCUT2D eigenvalue weighted by atomic mass is 15.1. The first-order valence-electron chi connectivity index (χ1n) is 3.59. The van der Waals surface area contributed by atoms with E-state index in [9.17, 15) is 0 Å². The Morgan fingerprint density at radius 3 is 2.50 bits per heavy atom. The highest BCUT2D eigenvalue weighted by Gasteiger charge is 1.92. The third-order valence-corrected chi connectivity index (χ3v) is 1.44. The molecule has 1 aromatic rings. The average molecular weight is 155 g/mol. The van der Waals surface area contributed by atoms with Crippen molar-refractivity contribution >= 4 is 5.69 Å². The molecule has 0 saturated carbocycles. The maximum absolute atomic E-state index is 5.00. The van der Waals surface area contributed by atoms with E-state index in [2.05, 4.69) is 17.9 Å². The van der Waals surface area contributed by atoms with Crippen molar-refractivity contribution in [3.63, 3.8) is 0 Å². The van der Waals surface area contributed by atoms with Crippen LogP contribution in [0, 0.1) is 24.3 Å². The van der Waals surface area contributed by atoms with Gasteiger partial charge >= 0.3 is 0 Å². The van der Waals surface area contributed by atoms with Gasteiger partial charge in [0, 0.05) is 24.7 Å². The second kappa shape index (κ2) is 4.11. The molecule has 0 radical (unpaired) electrons. The molecule has 12 heavy (non-hydrogen) atoms. The van der Waals surface area contributed by atoms with Gasteiger partial charge in [-0.1, -0.05) is 18.2 Å². The molecule has 0 N–H and O–H groups in total. The summed E-state index contributed by atoms with van der Waals surface area (Å²) in [4.78, 5) is 1.79. The molecule has 0 heterocycles. The molecule has 0 atom stereocenters. The lowest BCUT2D eigenvalue weighted by Gasteiger charge is -2.08. The van der Waals surface area contributed by atoms with Crippen LogP contribution in [0.5, 0.6) is 0 Å². The fraction of sp³-hybridized carbons (Fsp3) is 0.0909. The lowest BCUT2D eigenvalue weighted by atomic mass is 10.3. The molecular weight excluding hydrogens is 146 g/mol. The fourth-order valence-corrected chi connectivity index (χ4v) is 0.832. The Labute approximate surface area is 73.0 Å². The van der Waals surface area contributed by atoms with E-state index in [1.807, 2.05) is 37.4 Å². The van der Waals surface area contributed by atoms with Gasteiger partial charge in [-0.15, -0.1) is 6.42 Å². The molecule has 1 aromatic carbocycles. The topological polar surface area (TPSA) is 3.24 Å². The van der Waals surface area contributed by atoms with Gasteiger partial charge in [0.15, 0.2) is 0 Å². The highest BCUT2D eigenvalue weighted by Crippen LogP contribution is 2.08. The van der Waals surface area contributed by atoms with Gasteiger partial charge in [0.05, 0.1) is 0 Å². The summed E-state index contributed by atoms with van der Waals surface area (Å²) in [6.45, 7) is 0. The van der Waals surface area contributed by atoms with Crippen LogP contribution in [-0.4, -0.2) is 7.05 Å². The van der Waals surface area contributed by atoms with Gasteiger partial charge < -0.3 is 4.90 Å². The Kier molecular flexibility index (Phi) is 2.82. The number of para-hydroxylation sites is 1. The van der Waals surface area contributed by atoms with Crippen molar-refractivity contribution in [3.05, 3.63) is 30.3 Å². The van der Waals surface area contributed by atoms with Crippen LogP contribution >= 0.6 is 0 Å². The van der Waals surface area contributed by atoms with E-state index < -0.39 is 0 Å². The number of benzene rings is 1. The van der Waals surface area contributed by atoms with Crippen molar-refractivity contribution in [2.24, 2.45) is 0 Å². The van der Waals surface area contributed by atoms with E-state index in [1.54, 1.807) is 4.90 Å². The predicted molar refractivity (Wildman–Crippen MR) is 51.5 cm³/mol. The molecule has 1 rings (SSSR count). The number of terminal acetylenes is 1. The van der Waals surface area contributed by atoms with E-state index in [1.165, 1.54) is 0 Å². The molecule has 0 aliphatic heterocycles. The zero-order chi connectivity index (χ0) is 8.81. The Bertz CT molecular complexity index is 335. The van der Waals surface area contributed by atoms with Crippen molar-refractivity contribution in [2.75, 3.05) is 11.9 Å². The van der Waals surface area contributed by atoms with Crippen molar-refractivity contribution < 1.29 is 0 Å². The zero-order valence-electron chi connectivity index (χ0n) is 6.91. The average Bonchev–Trinajstić information content (AvgIpc) is 2.15. The molecule has 0 spiro atoms. The first kappa shape index (κ1) is 8.24. The second-order valence-electron chi connectivity index (χ2n) is 2.28. The fourth-order valence-electron chi connectivity index (χ4n) is 0.832. The van der Waals surface area contributed by atoms with Gasteiger partial charge in [-0.25, -0.2) is 0 Å². The summed E-state index contributed by atoms with van der Waals surface area (Å²) in [5.74, 6) is 4.82. The minimum atomic E-state index is 1.04.